The molecule has 3 heteroatoms. The molecule has 0 aromatic rings. The van der Waals surface area contributed by atoms with Crippen LogP contribution in [0.4, 0.5) is 0 Å². The molecule has 15 heavy (non-hydrogen) atoms. The van der Waals surface area contributed by atoms with E-state index in [0.29, 0.717) is 12.5 Å². The molecule has 86 valence electrons. The van der Waals surface area contributed by atoms with Gasteiger partial charge in [-0.05, 0) is 32.2 Å². The Bertz CT molecular complexity index is 206. The predicted molar refractivity (Wildman–Crippen MR) is 58.5 cm³/mol. The van der Waals surface area contributed by atoms with Gasteiger partial charge in [0.1, 0.15) is 0 Å². The zero-order valence-electron chi connectivity index (χ0n) is 9.34. The smallest absolute Gasteiger partial charge is 0.308 e. The van der Waals surface area contributed by atoms with E-state index in [9.17, 15) is 4.79 Å². The number of carbonyl (C=O) groups excluding carboxylic acids is 1. The minimum Gasteiger partial charge on any atom is -0.465 e. The van der Waals surface area contributed by atoms with Gasteiger partial charge in [-0.2, -0.15) is 0 Å². The molecule has 0 unspecified atom stereocenters. The second kappa shape index (κ2) is 5.50. The summed E-state index contributed by atoms with van der Waals surface area (Å²) in [4.78, 5) is 11.6. The zero-order valence-corrected chi connectivity index (χ0v) is 9.34. The van der Waals surface area contributed by atoms with Gasteiger partial charge in [-0.3, -0.25) is 4.79 Å². The summed E-state index contributed by atoms with van der Waals surface area (Å²) in [6.45, 7) is 2.76. The number of nitrogens with one attached hydrogen (secondary N) is 1. The highest BCUT2D eigenvalue weighted by Gasteiger charge is 2.25. The van der Waals surface area contributed by atoms with Crippen molar-refractivity contribution in [3.63, 3.8) is 0 Å². The second-order valence-corrected chi connectivity index (χ2v) is 4.82. The van der Waals surface area contributed by atoms with E-state index in [-0.39, 0.29) is 11.9 Å². The summed E-state index contributed by atoms with van der Waals surface area (Å²) in [7, 11) is 0. The lowest BCUT2D eigenvalue weighted by molar-refractivity contribution is -0.149. The number of piperidine rings is 1. The van der Waals surface area contributed by atoms with E-state index in [2.05, 4.69) is 5.32 Å². The van der Waals surface area contributed by atoms with E-state index < -0.39 is 0 Å². The van der Waals surface area contributed by atoms with Gasteiger partial charge in [-0.25, -0.2) is 0 Å². The average molecular weight is 211 g/mol. The van der Waals surface area contributed by atoms with E-state index in [1.807, 2.05) is 0 Å². The molecule has 0 aromatic heterocycles. The highest BCUT2D eigenvalue weighted by atomic mass is 16.5. The molecule has 0 bridgehead atoms. The number of hydrogen-bond donors (Lipinski definition) is 1. The van der Waals surface area contributed by atoms with Gasteiger partial charge in [0.15, 0.2) is 0 Å². The quantitative estimate of drug-likeness (QED) is 0.722. The van der Waals surface area contributed by atoms with Crippen LogP contribution in [0.5, 0.6) is 0 Å². The maximum Gasteiger partial charge on any atom is 0.308 e. The van der Waals surface area contributed by atoms with Crippen molar-refractivity contribution in [3.05, 3.63) is 0 Å². The van der Waals surface area contributed by atoms with Gasteiger partial charge in [0.2, 0.25) is 0 Å². The van der Waals surface area contributed by atoms with Gasteiger partial charge in [-0.15, -0.1) is 0 Å². The lowest BCUT2D eigenvalue weighted by Gasteiger charge is -2.22. The molecule has 2 fully saturated rings. The van der Waals surface area contributed by atoms with Gasteiger partial charge in [0, 0.05) is 12.5 Å². The molecule has 0 spiro atoms. The normalized spacial score (nSPS) is 27.9. The molecule has 1 N–H and O–H groups in total. The molecule has 1 saturated heterocycles. The summed E-state index contributed by atoms with van der Waals surface area (Å²) >= 11 is 0. The van der Waals surface area contributed by atoms with Gasteiger partial charge >= 0.3 is 5.97 Å². The standard InChI is InChI=1S/C12H21NO2/c14-12(11-5-1-2-6-11)15-9-10-4-3-7-13-8-10/h10-11,13H,1-9H2/t10-/m0/s1. The Hall–Kier alpha value is -0.570. The van der Waals surface area contributed by atoms with Crippen molar-refractivity contribution < 1.29 is 9.53 Å². The molecule has 1 heterocycles. The summed E-state index contributed by atoms with van der Waals surface area (Å²) in [5, 5.41) is 3.34. The van der Waals surface area contributed by atoms with Crippen LogP contribution < -0.4 is 5.32 Å². The topological polar surface area (TPSA) is 38.3 Å². The average Bonchev–Trinajstić information content (AvgIpc) is 2.81. The summed E-state index contributed by atoms with van der Waals surface area (Å²) in [5.41, 5.74) is 0. The predicted octanol–water partition coefficient (Wildman–Crippen LogP) is 1.72. The monoisotopic (exact) mass is 211 g/mol. The maximum absolute atomic E-state index is 11.6. The maximum atomic E-state index is 11.6. The van der Waals surface area contributed by atoms with Crippen LogP contribution in [-0.4, -0.2) is 25.7 Å². The first-order chi connectivity index (χ1) is 7.36. The summed E-state index contributed by atoms with van der Waals surface area (Å²) < 4.78 is 5.39. The minimum absolute atomic E-state index is 0.0538. The largest absolute Gasteiger partial charge is 0.465 e. The molecule has 1 aliphatic carbocycles. The number of carbonyl (C=O) groups is 1. The van der Waals surface area contributed by atoms with Gasteiger partial charge < -0.3 is 10.1 Å². The summed E-state index contributed by atoms with van der Waals surface area (Å²) in [6.07, 6.45) is 6.90. The molecule has 0 amide bonds. The van der Waals surface area contributed by atoms with Crippen LogP contribution in [0.1, 0.15) is 38.5 Å². The van der Waals surface area contributed by atoms with E-state index in [1.165, 1.54) is 25.7 Å². The Morgan fingerprint density at radius 1 is 1.20 bits per heavy atom. The van der Waals surface area contributed by atoms with Crippen LogP contribution in [0.3, 0.4) is 0 Å². The van der Waals surface area contributed by atoms with E-state index >= 15 is 0 Å². The fraction of sp³-hybridized carbons (Fsp3) is 0.917. The van der Waals surface area contributed by atoms with Crippen LogP contribution in [0.2, 0.25) is 0 Å². The van der Waals surface area contributed by atoms with Crippen LogP contribution in [0.15, 0.2) is 0 Å². The lowest BCUT2D eigenvalue weighted by atomic mass is 10.0. The number of hydrogen-bond acceptors (Lipinski definition) is 3. The molecular formula is C12H21NO2. The molecule has 2 aliphatic rings. The first-order valence-corrected chi connectivity index (χ1v) is 6.23. The Morgan fingerprint density at radius 3 is 2.67 bits per heavy atom. The van der Waals surface area contributed by atoms with Crippen LogP contribution in [0, 0.1) is 11.8 Å². The third-order valence-corrected chi connectivity index (χ3v) is 3.55. The Morgan fingerprint density at radius 2 is 2.00 bits per heavy atom. The van der Waals surface area contributed by atoms with E-state index in [1.54, 1.807) is 0 Å². The molecule has 1 atom stereocenters. The molecule has 0 radical (unpaired) electrons. The van der Waals surface area contributed by atoms with Crippen molar-refractivity contribution >= 4 is 5.97 Å². The highest BCUT2D eigenvalue weighted by Crippen LogP contribution is 2.26. The summed E-state index contributed by atoms with van der Waals surface area (Å²) in [5.74, 6) is 0.809. The highest BCUT2D eigenvalue weighted by molar-refractivity contribution is 5.72. The first kappa shape index (κ1) is 10.9. The zero-order chi connectivity index (χ0) is 10.5. The lowest BCUT2D eigenvalue weighted by Crippen LogP contribution is -2.33. The molecule has 1 aliphatic heterocycles. The van der Waals surface area contributed by atoms with Crippen molar-refractivity contribution in [1.82, 2.24) is 5.32 Å². The minimum atomic E-state index is 0.0538. The summed E-state index contributed by atoms with van der Waals surface area (Å²) in [6, 6.07) is 0. The third-order valence-electron chi connectivity index (χ3n) is 3.55. The van der Waals surface area contributed by atoms with Crippen molar-refractivity contribution in [2.75, 3.05) is 19.7 Å². The Labute approximate surface area is 91.6 Å². The van der Waals surface area contributed by atoms with Crippen LogP contribution in [-0.2, 0) is 9.53 Å². The van der Waals surface area contributed by atoms with Gasteiger partial charge in [-0.1, -0.05) is 12.8 Å². The van der Waals surface area contributed by atoms with Crippen molar-refractivity contribution in [2.24, 2.45) is 11.8 Å². The number of rotatable bonds is 3. The second-order valence-electron chi connectivity index (χ2n) is 4.82. The third kappa shape index (κ3) is 3.20. The van der Waals surface area contributed by atoms with Crippen molar-refractivity contribution in [3.8, 4) is 0 Å². The van der Waals surface area contributed by atoms with Crippen LogP contribution >= 0.6 is 0 Å². The Kier molecular flexibility index (Phi) is 4.01. The SMILES string of the molecule is O=C(OC[C@H]1CCCNC1)C1CCCC1. The molecule has 2 rings (SSSR count). The first-order valence-electron chi connectivity index (χ1n) is 6.23. The molecular weight excluding hydrogens is 190 g/mol. The van der Waals surface area contributed by atoms with Gasteiger partial charge in [0.05, 0.1) is 12.5 Å². The van der Waals surface area contributed by atoms with E-state index in [0.717, 1.165) is 25.9 Å². The van der Waals surface area contributed by atoms with E-state index in [4.69, 9.17) is 4.74 Å². The van der Waals surface area contributed by atoms with Crippen LogP contribution in [0.25, 0.3) is 0 Å². The molecule has 0 aromatic carbocycles. The fourth-order valence-corrected chi connectivity index (χ4v) is 2.55. The Balaban J connectivity index is 1.65. The van der Waals surface area contributed by atoms with Crippen molar-refractivity contribution in [1.29, 1.82) is 0 Å². The fourth-order valence-electron chi connectivity index (χ4n) is 2.55. The molecule has 1 saturated carbocycles. The number of esters is 1. The molecule has 3 nitrogen and oxygen atoms in total. The number of ether oxygens (including phenoxy) is 1. The van der Waals surface area contributed by atoms with Gasteiger partial charge in [0.25, 0.3) is 0 Å². The van der Waals surface area contributed by atoms with Crippen molar-refractivity contribution in [2.45, 2.75) is 38.5 Å².